The largest absolute Gasteiger partial charge is 0.493 e. The Hall–Kier alpha value is -1.23. The van der Waals surface area contributed by atoms with Gasteiger partial charge in [-0.3, -0.25) is 4.79 Å². The minimum absolute atomic E-state index is 0.0277. The monoisotopic (exact) mass is 315 g/mol. The molecule has 0 aliphatic heterocycles. The summed E-state index contributed by atoms with van der Waals surface area (Å²) in [6.07, 6.45) is 0. The number of alkyl halides is 1. The molecular weight excluding hydrogens is 298 g/mol. The van der Waals surface area contributed by atoms with Crippen molar-refractivity contribution in [3.05, 3.63) is 23.8 Å². The fourth-order valence-electron chi connectivity index (χ4n) is 1.72. The van der Waals surface area contributed by atoms with Gasteiger partial charge in [-0.15, -0.1) is 0 Å². The zero-order chi connectivity index (χ0) is 13.7. The molecule has 0 bridgehead atoms. The Labute approximate surface area is 116 Å². The van der Waals surface area contributed by atoms with Crippen molar-refractivity contribution in [2.45, 2.75) is 18.3 Å². The van der Waals surface area contributed by atoms with Crippen LogP contribution in [0.4, 0.5) is 0 Å². The van der Waals surface area contributed by atoms with Gasteiger partial charge in [-0.25, -0.2) is 0 Å². The standard InChI is InChI=1S/C13H18BrNO3/c1-9(14)13(16)15(2)8-10-6-5-7-11(17-3)12(10)18-4/h5-7,9H,8H2,1-4H3. The van der Waals surface area contributed by atoms with Crippen LogP contribution in [0.25, 0.3) is 0 Å². The molecule has 1 atom stereocenters. The van der Waals surface area contributed by atoms with E-state index < -0.39 is 0 Å². The molecule has 1 rings (SSSR count). The first kappa shape index (κ1) is 14.8. The third kappa shape index (κ3) is 3.38. The van der Waals surface area contributed by atoms with E-state index in [1.54, 1.807) is 26.2 Å². The van der Waals surface area contributed by atoms with Gasteiger partial charge in [0.25, 0.3) is 0 Å². The van der Waals surface area contributed by atoms with Gasteiger partial charge in [0.2, 0.25) is 5.91 Å². The summed E-state index contributed by atoms with van der Waals surface area (Å²) in [5.74, 6) is 1.37. The molecule has 0 aromatic heterocycles. The Morgan fingerprint density at radius 3 is 2.56 bits per heavy atom. The lowest BCUT2D eigenvalue weighted by Gasteiger charge is -2.20. The van der Waals surface area contributed by atoms with Gasteiger partial charge in [0, 0.05) is 19.2 Å². The minimum Gasteiger partial charge on any atom is -0.493 e. The van der Waals surface area contributed by atoms with Gasteiger partial charge in [0.15, 0.2) is 11.5 Å². The topological polar surface area (TPSA) is 38.8 Å². The molecule has 0 spiro atoms. The lowest BCUT2D eigenvalue weighted by molar-refractivity contribution is -0.129. The summed E-state index contributed by atoms with van der Waals surface area (Å²) >= 11 is 3.27. The van der Waals surface area contributed by atoms with E-state index in [1.807, 2.05) is 25.1 Å². The van der Waals surface area contributed by atoms with E-state index in [0.717, 1.165) is 5.56 Å². The fourth-order valence-corrected chi connectivity index (χ4v) is 2.06. The predicted octanol–water partition coefficient (Wildman–Crippen LogP) is 2.45. The molecule has 1 unspecified atom stereocenters. The summed E-state index contributed by atoms with van der Waals surface area (Å²) in [5, 5.41) is 0. The average molecular weight is 316 g/mol. The second-order valence-electron chi connectivity index (χ2n) is 3.96. The normalized spacial score (nSPS) is 11.8. The van der Waals surface area contributed by atoms with Crippen LogP contribution < -0.4 is 9.47 Å². The number of rotatable bonds is 5. The number of carbonyl (C=O) groups excluding carboxylic acids is 1. The summed E-state index contributed by atoms with van der Waals surface area (Å²) < 4.78 is 10.6. The van der Waals surface area contributed by atoms with Crippen LogP contribution in [0.3, 0.4) is 0 Å². The maximum Gasteiger partial charge on any atom is 0.236 e. The molecule has 0 saturated heterocycles. The Morgan fingerprint density at radius 2 is 2.06 bits per heavy atom. The molecule has 5 heteroatoms. The van der Waals surface area contributed by atoms with E-state index in [0.29, 0.717) is 18.0 Å². The summed E-state index contributed by atoms with van der Waals surface area (Å²) in [5.41, 5.74) is 0.917. The van der Waals surface area contributed by atoms with Crippen LogP contribution in [0.1, 0.15) is 12.5 Å². The molecule has 18 heavy (non-hydrogen) atoms. The Bertz CT molecular complexity index is 421. The molecule has 1 aromatic carbocycles. The molecule has 0 fully saturated rings. The fraction of sp³-hybridized carbons (Fsp3) is 0.462. The highest BCUT2D eigenvalue weighted by molar-refractivity contribution is 9.10. The van der Waals surface area contributed by atoms with Gasteiger partial charge in [0.05, 0.1) is 19.0 Å². The first-order chi connectivity index (χ1) is 8.51. The van der Waals surface area contributed by atoms with E-state index in [9.17, 15) is 4.79 Å². The van der Waals surface area contributed by atoms with E-state index >= 15 is 0 Å². The van der Waals surface area contributed by atoms with Crippen LogP contribution in [0.15, 0.2) is 18.2 Å². The molecule has 0 radical (unpaired) electrons. The van der Waals surface area contributed by atoms with Crippen molar-refractivity contribution in [1.82, 2.24) is 4.90 Å². The maximum absolute atomic E-state index is 11.8. The van der Waals surface area contributed by atoms with E-state index in [4.69, 9.17) is 9.47 Å². The molecule has 100 valence electrons. The number of methoxy groups -OCH3 is 2. The molecule has 0 aliphatic carbocycles. The smallest absolute Gasteiger partial charge is 0.236 e. The Balaban J connectivity index is 2.94. The van der Waals surface area contributed by atoms with Gasteiger partial charge < -0.3 is 14.4 Å². The molecule has 1 amide bonds. The first-order valence-electron chi connectivity index (χ1n) is 5.60. The van der Waals surface area contributed by atoms with E-state index in [-0.39, 0.29) is 10.7 Å². The molecule has 0 heterocycles. The summed E-state index contributed by atoms with van der Waals surface area (Å²) in [7, 11) is 4.95. The van der Waals surface area contributed by atoms with Crippen LogP contribution in [0.2, 0.25) is 0 Å². The van der Waals surface area contributed by atoms with Gasteiger partial charge in [0.1, 0.15) is 0 Å². The molecule has 4 nitrogen and oxygen atoms in total. The quantitative estimate of drug-likeness (QED) is 0.783. The molecule has 0 saturated carbocycles. The zero-order valence-corrected chi connectivity index (χ0v) is 12.7. The highest BCUT2D eigenvalue weighted by Gasteiger charge is 2.17. The molecule has 0 N–H and O–H groups in total. The zero-order valence-electron chi connectivity index (χ0n) is 11.1. The van der Waals surface area contributed by atoms with Crippen LogP contribution in [-0.2, 0) is 11.3 Å². The number of benzene rings is 1. The van der Waals surface area contributed by atoms with Crippen LogP contribution in [-0.4, -0.2) is 36.9 Å². The number of para-hydroxylation sites is 1. The van der Waals surface area contributed by atoms with Crippen LogP contribution >= 0.6 is 15.9 Å². The molecule has 1 aromatic rings. The average Bonchev–Trinajstić information content (AvgIpc) is 2.37. The van der Waals surface area contributed by atoms with Crippen molar-refractivity contribution in [2.75, 3.05) is 21.3 Å². The maximum atomic E-state index is 11.8. The highest BCUT2D eigenvalue weighted by Crippen LogP contribution is 2.31. The number of hydrogen-bond acceptors (Lipinski definition) is 3. The van der Waals surface area contributed by atoms with Crippen molar-refractivity contribution in [3.63, 3.8) is 0 Å². The summed E-state index contributed by atoms with van der Waals surface area (Å²) in [6, 6.07) is 5.63. The second kappa shape index (κ2) is 6.64. The van der Waals surface area contributed by atoms with Crippen molar-refractivity contribution in [3.8, 4) is 11.5 Å². The molecular formula is C13H18BrNO3. The van der Waals surface area contributed by atoms with Crippen molar-refractivity contribution < 1.29 is 14.3 Å². The number of carbonyl (C=O) groups is 1. The van der Waals surface area contributed by atoms with Crippen molar-refractivity contribution in [2.24, 2.45) is 0 Å². The van der Waals surface area contributed by atoms with Crippen LogP contribution in [0, 0.1) is 0 Å². The van der Waals surface area contributed by atoms with Crippen LogP contribution in [0.5, 0.6) is 11.5 Å². The van der Waals surface area contributed by atoms with Gasteiger partial charge >= 0.3 is 0 Å². The van der Waals surface area contributed by atoms with Gasteiger partial charge in [-0.2, -0.15) is 0 Å². The SMILES string of the molecule is COc1cccc(CN(C)C(=O)C(C)Br)c1OC. The first-order valence-corrected chi connectivity index (χ1v) is 6.51. The van der Waals surface area contributed by atoms with Gasteiger partial charge in [-0.1, -0.05) is 28.1 Å². The molecule has 0 aliphatic rings. The number of halogens is 1. The third-order valence-electron chi connectivity index (χ3n) is 2.61. The van der Waals surface area contributed by atoms with Gasteiger partial charge in [-0.05, 0) is 13.0 Å². The van der Waals surface area contributed by atoms with Crippen molar-refractivity contribution in [1.29, 1.82) is 0 Å². The second-order valence-corrected chi connectivity index (χ2v) is 5.34. The highest BCUT2D eigenvalue weighted by atomic mass is 79.9. The minimum atomic E-state index is -0.195. The van der Waals surface area contributed by atoms with Crippen molar-refractivity contribution >= 4 is 21.8 Å². The lowest BCUT2D eigenvalue weighted by Crippen LogP contribution is -2.31. The van der Waals surface area contributed by atoms with E-state index in [2.05, 4.69) is 15.9 Å². The third-order valence-corrected chi connectivity index (χ3v) is 3.00. The Kier molecular flexibility index (Phi) is 5.47. The number of hydrogen-bond donors (Lipinski definition) is 0. The number of ether oxygens (including phenoxy) is 2. The Morgan fingerprint density at radius 1 is 1.39 bits per heavy atom. The number of nitrogens with zero attached hydrogens (tertiary/aromatic N) is 1. The van der Waals surface area contributed by atoms with E-state index in [1.165, 1.54) is 0 Å². The lowest BCUT2D eigenvalue weighted by atomic mass is 10.1. The summed E-state index contributed by atoms with van der Waals surface area (Å²) in [6.45, 7) is 2.29. The summed E-state index contributed by atoms with van der Waals surface area (Å²) in [4.78, 5) is 13.3. The number of amides is 1. The predicted molar refractivity (Wildman–Crippen MR) is 74.4 cm³/mol.